The van der Waals surface area contributed by atoms with Gasteiger partial charge >= 0.3 is 0 Å². The predicted molar refractivity (Wildman–Crippen MR) is 245 cm³/mol. The fourth-order valence-electron chi connectivity index (χ4n) is 8.76. The molecule has 0 aliphatic rings. The van der Waals surface area contributed by atoms with Gasteiger partial charge in [-0.2, -0.15) is 0 Å². The second-order valence-corrected chi connectivity index (χ2v) is 14.8. The second kappa shape index (κ2) is 14.1. The first-order chi connectivity index (χ1) is 28.8. The molecule has 0 atom stereocenters. The van der Waals surface area contributed by atoms with Crippen LogP contribution in [-0.4, -0.2) is 0 Å². The highest BCUT2D eigenvalue weighted by Gasteiger charge is 2.19. The van der Waals surface area contributed by atoms with Crippen LogP contribution in [0.15, 0.2) is 229 Å². The van der Waals surface area contributed by atoms with Gasteiger partial charge in [-0.05, 0) is 91.5 Å². The summed E-state index contributed by atoms with van der Waals surface area (Å²) in [4.78, 5) is 2.40. The molecule has 0 unspecified atom stereocenters. The molecule has 0 amide bonds. The molecule has 0 N–H and O–H groups in total. The number of furan rings is 1. The van der Waals surface area contributed by atoms with E-state index >= 15 is 0 Å². The van der Waals surface area contributed by atoms with Crippen molar-refractivity contribution in [3.05, 3.63) is 224 Å². The van der Waals surface area contributed by atoms with E-state index in [1.54, 1.807) is 0 Å². The number of hydrogen-bond donors (Lipinski definition) is 0. The van der Waals surface area contributed by atoms with Gasteiger partial charge in [0.1, 0.15) is 11.2 Å². The van der Waals surface area contributed by atoms with E-state index in [2.05, 4.69) is 217 Å². The third-order valence-corrected chi connectivity index (χ3v) is 11.5. The minimum Gasteiger partial charge on any atom is -0.455 e. The summed E-state index contributed by atoms with van der Waals surface area (Å²) >= 11 is 0. The van der Waals surface area contributed by atoms with Gasteiger partial charge < -0.3 is 9.32 Å². The first kappa shape index (κ1) is 33.6. The van der Waals surface area contributed by atoms with Crippen molar-refractivity contribution in [3.8, 4) is 44.5 Å². The highest BCUT2D eigenvalue weighted by molar-refractivity contribution is 6.15. The van der Waals surface area contributed by atoms with Crippen molar-refractivity contribution in [1.82, 2.24) is 0 Å². The number of benzene rings is 10. The maximum absolute atomic E-state index is 6.45. The van der Waals surface area contributed by atoms with Crippen molar-refractivity contribution in [2.45, 2.75) is 0 Å². The molecule has 272 valence electrons. The summed E-state index contributed by atoms with van der Waals surface area (Å²) in [5.41, 5.74) is 14.5. The van der Waals surface area contributed by atoms with Crippen LogP contribution in [0.25, 0.3) is 88.0 Å². The molecule has 0 radical (unpaired) electrons. The standard InChI is InChI=1S/C56H37NO/c1-2-15-38(16-3-1)44-18-6-8-21-48(44)49-22-9-7-19-45(49)39-29-33-42(34-30-39)57(54-37-41-17-4-5-20-46(41)50-23-10-11-24-51(50)54)43-35-31-40(32-36-43)47-26-14-27-53-52-25-12-13-28-55(52)58-56(47)53/h1-37H. The number of anilines is 3. The monoisotopic (exact) mass is 739 g/mol. The Hall–Kier alpha value is -7.68. The molecule has 58 heavy (non-hydrogen) atoms. The van der Waals surface area contributed by atoms with Gasteiger partial charge in [0.25, 0.3) is 0 Å². The Morgan fingerprint density at radius 2 is 0.759 bits per heavy atom. The lowest BCUT2D eigenvalue weighted by Gasteiger charge is -2.28. The lowest BCUT2D eigenvalue weighted by molar-refractivity contribution is 0.670. The average molecular weight is 740 g/mol. The van der Waals surface area contributed by atoms with E-state index in [1.165, 1.54) is 54.9 Å². The van der Waals surface area contributed by atoms with E-state index in [4.69, 9.17) is 4.42 Å². The molecule has 11 rings (SSSR count). The number of nitrogens with zero attached hydrogens (tertiary/aromatic N) is 1. The quantitative estimate of drug-likeness (QED) is 0.151. The topological polar surface area (TPSA) is 16.4 Å². The van der Waals surface area contributed by atoms with Crippen LogP contribution in [0.5, 0.6) is 0 Å². The maximum atomic E-state index is 6.45. The highest BCUT2D eigenvalue weighted by atomic mass is 16.3. The zero-order chi connectivity index (χ0) is 38.4. The molecule has 0 aliphatic heterocycles. The molecule has 0 saturated carbocycles. The SMILES string of the molecule is c1ccc(-c2ccccc2-c2ccccc2-c2ccc(N(c3ccc(-c4cccc5c4oc4ccccc45)cc3)c3cc4ccccc4c4ccccc34)cc2)cc1. The molecule has 1 heterocycles. The van der Waals surface area contributed by atoms with Crippen LogP contribution in [0.1, 0.15) is 0 Å². The number of fused-ring (bicyclic) bond motifs is 6. The predicted octanol–water partition coefficient (Wildman–Crippen LogP) is 16.0. The van der Waals surface area contributed by atoms with Crippen molar-refractivity contribution in [2.75, 3.05) is 4.90 Å². The Bertz CT molecular complexity index is 3270. The number of rotatable bonds is 7. The molecule has 2 nitrogen and oxygen atoms in total. The second-order valence-electron chi connectivity index (χ2n) is 14.8. The highest BCUT2D eigenvalue weighted by Crippen LogP contribution is 2.45. The first-order valence-electron chi connectivity index (χ1n) is 19.8. The summed E-state index contributed by atoms with van der Waals surface area (Å²) in [5, 5.41) is 7.15. The van der Waals surface area contributed by atoms with Crippen LogP contribution in [0, 0.1) is 0 Å². The minimum atomic E-state index is 0.905. The summed E-state index contributed by atoms with van der Waals surface area (Å²) in [6.45, 7) is 0. The van der Waals surface area contributed by atoms with Gasteiger partial charge in [0.05, 0.1) is 5.69 Å². The van der Waals surface area contributed by atoms with Gasteiger partial charge in [0, 0.05) is 33.1 Å². The summed E-state index contributed by atoms with van der Waals surface area (Å²) in [6, 6.07) is 80.6. The summed E-state index contributed by atoms with van der Waals surface area (Å²) in [7, 11) is 0. The van der Waals surface area contributed by atoms with Crippen LogP contribution in [0.4, 0.5) is 17.1 Å². The number of hydrogen-bond acceptors (Lipinski definition) is 2. The van der Waals surface area contributed by atoms with E-state index in [0.717, 1.165) is 50.1 Å². The van der Waals surface area contributed by atoms with E-state index in [-0.39, 0.29) is 0 Å². The summed E-state index contributed by atoms with van der Waals surface area (Å²) < 4.78 is 6.45. The van der Waals surface area contributed by atoms with Gasteiger partial charge in [-0.15, -0.1) is 0 Å². The Kier molecular flexibility index (Phi) is 8.19. The fraction of sp³-hybridized carbons (Fsp3) is 0. The lowest BCUT2D eigenvalue weighted by atomic mass is 9.89. The molecule has 0 aliphatic carbocycles. The van der Waals surface area contributed by atoms with Gasteiger partial charge in [-0.25, -0.2) is 0 Å². The molecule has 0 bridgehead atoms. The lowest BCUT2D eigenvalue weighted by Crippen LogP contribution is -2.10. The molecule has 0 saturated heterocycles. The molecule has 10 aromatic carbocycles. The Morgan fingerprint density at radius 3 is 1.43 bits per heavy atom. The molecular weight excluding hydrogens is 703 g/mol. The minimum absolute atomic E-state index is 0.905. The Morgan fingerprint density at radius 1 is 0.293 bits per heavy atom. The van der Waals surface area contributed by atoms with Gasteiger partial charge in [-0.3, -0.25) is 0 Å². The normalized spacial score (nSPS) is 11.4. The van der Waals surface area contributed by atoms with E-state index < -0.39 is 0 Å². The van der Waals surface area contributed by atoms with Crippen molar-refractivity contribution in [3.63, 3.8) is 0 Å². The Labute approximate surface area is 337 Å². The van der Waals surface area contributed by atoms with Crippen molar-refractivity contribution >= 4 is 60.5 Å². The third kappa shape index (κ3) is 5.74. The molecule has 1 aromatic heterocycles. The van der Waals surface area contributed by atoms with Gasteiger partial charge in [0.15, 0.2) is 0 Å². The maximum Gasteiger partial charge on any atom is 0.143 e. The molecule has 0 spiro atoms. The average Bonchev–Trinajstić information content (AvgIpc) is 3.69. The largest absolute Gasteiger partial charge is 0.455 e. The van der Waals surface area contributed by atoms with Crippen LogP contribution in [0.2, 0.25) is 0 Å². The van der Waals surface area contributed by atoms with Gasteiger partial charge in [-0.1, -0.05) is 188 Å². The zero-order valence-electron chi connectivity index (χ0n) is 31.7. The zero-order valence-corrected chi connectivity index (χ0v) is 31.7. The fourth-order valence-corrected chi connectivity index (χ4v) is 8.76. The third-order valence-electron chi connectivity index (χ3n) is 11.5. The van der Waals surface area contributed by atoms with Crippen LogP contribution < -0.4 is 4.90 Å². The molecular formula is C56H37NO. The first-order valence-corrected chi connectivity index (χ1v) is 19.8. The molecule has 0 fully saturated rings. The van der Waals surface area contributed by atoms with Crippen LogP contribution in [-0.2, 0) is 0 Å². The Balaban J connectivity index is 1.05. The molecule has 2 heteroatoms. The molecule has 11 aromatic rings. The smallest absolute Gasteiger partial charge is 0.143 e. The van der Waals surface area contributed by atoms with Crippen molar-refractivity contribution in [2.24, 2.45) is 0 Å². The van der Waals surface area contributed by atoms with E-state index in [1.807, 2.05) is 12.1 Å². The van der Waals surface area contributed by atoms with E-state index in [0.29, 0.717) is 0 Å². The van der Waals surface area contributed by atoms with Crippen molar-refractivity contribution < 1.29 is 4.42 Å². The van der Waals surface area contributed by atoms with Crippen molar-refractivity contribution in [1.29, 1.82) is 0 Å². The van der Waals surface area contributed by atoms with Gasteiger partial charge in [0.2, 0.25) is 0 Å². The van der Waals surface area contributed by atoms with Crippen LogP contribution in [0.3, 0.4) is 0 Å². The van der Waals surface area contributed by atoms with E-state index in [9.17, 15) is 0 Å². The number of para-hydroxylation sites is 2. The summed E-state index contributed by atoms with van der Waals surface area (Å²) in [6.07, 6.45) is 0. The van der Waals surface area contributed by atoms with Crippen LogP contribution >= 0.6 is 0 Å². The summed E-state index contributed by atoms with van der Waals surface area (Å²) in [5.74, 6) is 0.